The van der Waals surface area contributed by atoms with Gasteiger partial charge in [-0.1, -0.05) is 24.3 Å². The Labute approximate surface area is 163 Å². The topological polar surface area (TPSA) is 62.7 Å². The maximum absolute atomic E-state index is 12.8. The summed E-state index contributed by atoms with van der Waals surface area (Å²) in [7, 11) is 0. The number of carbonyl (C=O) groups is 1. The molecule has 1 aliphatic carbocycles. The Morgan fingerprint density at radius 3 is 2.96 bits per heavy atom. The fraction of sp³-hybridized carbons (Fsp3) is 0.304. The second-order valence-electron chi connectivity index (χ2n) is 7.55. The molecule has 1 aliphatic rings. The molecule has 28 heavy (non-hydrogen) atoms. The number of aromatic amines is 1. The monoisotopic (exact) mass is 372 g/mol. The molecule has 2 heterocycles. The molecule has 0 saturated carbocycles. The summed E-state index contributed by atoms with van der Waals surface area (Å²) in [6.07, 6.45) is 7.40. The molecule has 0 spiro atoms. The van der Waals surface area contributed by atoms with E-state index in [0.29, 0.717) is 6.54 Å². The Kier molecular flexibility index (Phi) is 4.35. The van der Waals surface area contributed by atoms with Crippen molar-refractivity contribution in [1.82, 2.24) is 19.9 Å². The summed E-state index contributed by atoms with van der Waals surface area (Å²) in [6, 6.07) is 14.2. The molecule has 0 unspecified atom stereocenters. The predicted molar refractivity (Wildman–Crippen MR) is 112 cm³/mol. The van der Waals surface area contributed by atoms with Gasteiger partial charge >= 0.3 is 0 Å². The SMILES string of the molecule is O=C(NCCCn1cnc2ccccc21)c1cccc2c3c([nH]c12)CCCC3. The molecule has 5 heteroatoms. The van der Waals surface area contributed by atoms with E-state index in [4.69, 9.17) is 0 Å². The molecule has 2 N–H and O–H groups in total. The third-order valence-corrected chi connectivity index (χ3v) is 5.77. The van der Waals surface area contributed by atoms with Crippen LogP contribution in [0.15, 0.2) is 48.8 Å². The maximum Gasteiger partial charge on any atom is 0.253 e. The van der Waals surface area contributed by atoms with E-state index >= 15 is 0 Å². The predicted octanol–water partition coefficient (Wildman–Crippen LogP) is 4.22. The second-order valence-corrected chi connectivity index (χ2v) is 7.55. The Morgan fingerprint density at radius 2 is 2.00 bits per heavy atom. The van der Waals surface area contributed by atoms with Crippen LogP contribution in [-0.2, 0) is 19.4 Å². The standard InChI is InChI=1S/C23H24N4O/c28-23(24-13-6-14-27-15-25-20-11-3-4-12-21(20)27)18-9-5-8-17-16-7-1-2-10-19(16)26-22(17)18/h3-5,8-9,11-12,15,26H,1-2,6-7,10,13-14H2,(H,24,28). The van der Waals surface area contributed by atoms with Crippen LogP contribution in [0.2, 0.25) is 0 Å². The summed E-state index contributed by atoms with van der Waals surface area (Å²) in [4.78, 5) is 20.7. The highest BCUT2D eigenvalue weighted by Crippen LogP contribution is 2.30. The summed E-state index contributed by atoms with van der Waals surface area (Å²) in [5, 5.41) is 4.30. The zero-order valence-corrected chi connectivity index (χ0v) is 15.9. The lowest BCUT2D eigenvalue weighted by atomic mass is 9.95. The van der Waals surface area contributed by atoms with E-state index in [1.807, 2.05) is 36.7 Å². The molecule has 5 rings (SSSR count). The minimum Gasteiger partial charge on any atom is -0.358 e. The van der Waals surface area contributed by atoms with Gasteiger partial charge in [-0.3, -0.25) is 4.79 Å². The van der Waals surface area contributed by atoms with Crippen LogP contribution in [0.3, 0.4) is 0 Å². The van der Waals surface area contributed by atoms with E-state index < -0.39 is 0 Å². The molecule has 0 aliphatic heterocycles. The lowest BCUT2D eigenvalue weighted by molar-refractivity contribution is 0.0954. The van der Waals surface area contributed by atoms with Crippen molar-refractivity contribution in [2.45, 2.75) is 38.6 Å². The number of hydrogen-bond acceptors (Lipinski definition) is 2. The Bertz CT molecular complexity index is 1150. The average Bonchev–Trinajstić information content (AvgIpc) is 3.32. The minimum absolute atomic E-state index is 0.000291. The smallest absolute Gasteiger partial charge is 0.253 e. The Hall–Kier alpha value is -3.08. The lowest BCUT2D eigenvalue weighted by Gasteiger charge is -2.10. The summed E-state index contributed by atoms with van der Waals surface area (Å²) in [6.45, 7) is 1.48. The Balaban J connectivity index is 1.26. The number of carbonyl (C=O) groups excluding carboxylic acids is 1. The number of fused-ring (bicyclic) bond motifs is 4. The van der Waals surface area contributed by atoms with Gasteiger partial charge in [-0.2, -0.15) is 0 Å². The first-order chi connectivity index (χ1) is 13.8. The van der Waals surface area contributed by atoms with Crippen molar-refractivity contribution >= 4 is 27.8 Å². The van der Waals surface area contributed by atoms with Gasteiger partial charge in [0.15, 0.2) is 0 Å². The first-order valence-electron chi connectivity index (χ1n) is 10.1. The van der Waals surface area contributed by atoms with Crippen LogP contribution in [0, 0.1) is 0 Å². The molecule has 0 fully saturated rings. The molecule has 4 aromatic rings. The van der Waals surface area contributed by atoms with Crippen molar-refractivity contribution in [2.24, 2.45) is 0 Å². The summed E-state index contributed by atoms with van der Waals surface area (Å²) < 4.78 is 2.14. The minimum atomic E-state index is -0.000291. The van der Waals surface area contributed by atoms with Crippen molar-refractivity contribution < 1.29 is 4.79 Å². The number of amides is 1. The molecule has 0 radical (unpaired) electrons. The third-order valence-electron chi connectivity index (χ3n) is 5.77. The molecule has 142 valence electrons. The number of benzene rings is 2. The van der Waals surface area contributed by atoms with E-state index in [1.54, 1.807) is 0 Å². The van der Waals surface area contributed by atoms with Crippen LogP contribution in [0.4, 0.5) is 0 Å². The van der Waals surface area contributed by atoms with Gasteiger partial charge in [0.1, 0.15) is 0 Å². The van der Waals surface area contributed by atoms with Crippen LogP contribution in [0.1, 0.15) is 40.9 Å². The van der Waals surface area contributed by atoms with E-state index in [1.165, 1.54) is 29.5 Å². The number of aryl methyl sites for hydroxylation is 3. The number of para-hydroxylation sites is 3. The maximum atomic E-state index is 12.8. The van der Waals surface area contributed by atoms with Gasteiger partial charge in [0.25, 0.3) is 5.91 Å². The first kappa shape index (κ1) is 17.0. The fourth-order valence-corrected chi connectivity index (χ4v) is 4.35. The van der Waals surface area contributed by atoms with Crippen molar-refractivity contribution in [1.29, 1.82) is 0 Å². The second kappa shape index (κ2) is 7.15. The number of H-pyrrole nitrogens is 1. The molecular weight excluding hydrogens is 348 g/mol. The number of rotatable bonds is 5. The molecule has 1 amide bonds. The summed E-state index contributed by atoms with van der Waals surface area (Å²) in [5.41, 5.74) is 6.60. The highest BCUT2D eigenvalue weighted by molar-refractivity contribution is 6.06. The molecule has 5 nitrogen and oxygen atoms in total. The zero-order chi connectivity index (χ0) is 18.9. The van der Waals surface area contributed by atoms with E-state index in [9.17, 15) is 4.79 Å². The average molecular weight is 372 g/mol. The summed E-state index contributed by atoms with van der Waals surface area (Å²) >= 11 is 0. The van der Waals surface area contributed by atoms with Gasteiger partial charge < -0.3 is 14.9 Å². The normalized spacial score (nSPS) is 13.7. The molecule has 2 aromatic heterocycles. The summed E-state index contributed by atoms with van der Waals surface area (Å²) in [5.74, 6) is -0.000291. The van der Waals surface area contributed by atoms with Gasteiger partial charge in [0.05, 0.1) is 28.4 Å². The molecular formula is C23H24N4O. The number of aromatic nitrogens is 3. The highest BCUT2D eigenvalue weighted by Gasteiger charge is 2.19. The molecule has 2 aromatic carbocycles. The first-order valence-corrected chi connectivity index (χ1v) is 10.1. The van der Waals surface area contributed by atoms with Crippen molar-refractivity contribution in [3.8, 4) is 0 Å². The highest BCUT2D eigenvalue weighted by atomic mass is 16.1. The Morgan fingerprint density at radius 1 is 1.11 bits per heavy atom. The van der Waals surface area contributed by atoms with Crippen molar-refractivity contribution in [3.05, 3.63) is 65.6 Å². The van der Waals surface area contributed by atoms with Gasteiger partial charge in [0, 0.05) is 24.2 Å². The van der Waals surface area contributed by atoms with Crippen LogP contribution >= 0.6 is 0 Å². The van der Waals surface area contributed by atoms with Crippen LogP contribution < -0.4 is 5.32 Å². The molecule has 0 atom stereocenters. The van der Waals surface area contributed by atoms with Crippen LogP contribution in [-0.4, -0.2) is 27.0 Å². The van der Waals surface area contributed by atoms with E-state index in [-0.39, 0.29) is 5.91 Å². The molecule has 0 saturated heterocycles. The van der Waals surface area contributed by atoms with E-state index in [2.05, 4.69) is 32.0 Å². The largest absolute Gasteiger partial charge is 0.358 e. The van der Waals surface area contributed by atoms with Gasteiger partial charge in [-0.15, -0.1) is 0 Å². The fourth-order valence-electron chi connectivity index (χ4n) is 4.35. The molecule has 0 bridgehead atoms. The number of nitrogens with one attached hydrogen (secondary N) is 2. The zero-order valence-electron chi connectivity index (χ0n) is 15.9. The third kappa shape index (κ3) is 2.97. The van der Waals surface area contributed by atoms with Crippen LogP contribution in [0.5, 0.6) is 0 Å². The number of hydrogen-bond donors (Lipinski definition) is 2. The van der Waals surface area contributed by atoms with Crippen LogP contribution in [0.25, 0.3) is 21.9 Å². The van der Waals surface area contributed by atoms with Gasteiger partial charge in [-0.05, 0) is 55.9 Å². The van der Waals surface area contributed by atoms with E-state index in [0.717, 1.165) is 47.9 Å². The number of imidazole rings is 1. The number of nitrogens with zero attached hydrogens (tertiary/aromatic N) is 2. The van der Waals surface area contributed by atoms with Gasteiger partial charge in [-0.25, -0.2) is 4.98 Å². The van der Waals surface area contributed by atoms with Crippen molar-refractivity contribution in [2.75, 3.05) is 6.54 Å². The quantitative estimate of drug-likeness (QED) is 0.515. The van der Waals surface area contributed by atoms with Crippen molar-refractivity contribution in [3.63, 3.8) is 0 Å². The lowest BCUT2D eigenvalue weighted by Crippen LogP contribution is -2.25. The van der Waals surface area contributed by atoms with Gasteiger partial charge in [0.2, 0.25) is 0 Å².